The summed E-state index contributed by atoms with van der Waals surface area (Å²) in [6.45, 7) is 3.55. The van der Waals surface area contributed by atoms with Gasteiger partial charge in [0.15, 0.2) is 0 Å². The molecule has 1 unspecified atom stereocenters. The van der Waals surface area contributed by atoms with Crippen molar-refractivity contribution in [2.24, 2.45) is 5.92 Å². The number of sulfonamides is 1. The van der Waals surface area contributed by atoms with Crippen molar-refractivity contribution in [1.29, 1.82) is 0 Å². The van der Waals surface area contributed by atoms with Crippen LogP contribution in [0, 0.1) is 12.8 Å². The van der Waals surface area contributed by atoms with E-state index in [9.17, 15) is 18.0 Å². The normalized spacial score (nSPS) is 22.0. The highest BCUT2D eigenvalue weighted by Crippen LogP contribution is 2.28. The SMILES string of the molecule is Cc1cc(N2CCCS2(=O)=O)ccc1C(=O)N1CCCC(CCC(=O)O)C1. The third kappa shape index (κ3) is 4.43. The summed E-state index contributed by atoms with van der Waals surface area (Å²) in [6.07, 6.45) is 3.16. The number of aryl methyl sites for hydroxylation is 1. The van der Waals surface area contributed by atoms with E-state index >= 15 is 0 Å². The van der Waals surface area contributed by atoms with Gasteiger partial charge >= 0.3 is 5.97 Å². The lowest BCUT2D eigenvalue weighted by molar-refractivity contribution is -0.137. The van der Waals surface area contributed by atoms with Gasteiger partial charge in [0.05, 0.1) is 11.4 Å². The highest BCUT2D eigenvalue weighted by atomic mass is 32.2. The van der Waals surface area contributed by atoms with E-state index in [2.05, 4.69) is 0 Å². The third-order valence-electron chi connectivity index (χ3n) is 5.40. The lowest BCUT2D eigenvalue weighted by atomic mass is 9.92. The number of carbonyl (C=O) groups is 2. The molecule has 148 valence electrons. The predicted molar refractivity (Wildman–Crippen MR) is 102 cm³/mol. The van der Waals surface area contributed by atoms with Crippen LogP contribution in [0.1, 0.15) is 48.0 Å². The van der Waals surface area contributed by atoms with E-state index in [-0.39, 0.29) is 24.0 Å². The Labute approximate surface area is 160 Å². The van der Waals surface area contributed by atoms with Crippen LogP contribution in [0.4, 0.5) is 5.69 Å². The molecule has 1 atom stereocenters. The molecule has 0 radical (unpaired) electrons. The van der Waals surface area contributed by atoms with Crippen LogP contribution in [0.2, 0.25) is 0 Å². The second-order valence-corrected chi connectivity index (χ2v) is 9.45. The van der Waals surface area contributed by atoms with Gasteiger partial charge in [-0.25, -0.2) is 8.42 Å². The number of rotatable bonds is 5. The van der Waals surface area contributed by atoms with Crippen LogP contribution in [0.25, 0.3) is 0 Å². The molecule has 2 heterocycles. The van der Waals surface area contributed by atoms with Crippen LogP contribution < -0.4 is 4.31 Å². The fourth-order valence-corrected chi connectivity index (χ4v) is 5.51. The zero-order valence-corrected chi connectivity index (χ0v) is 16.4. The number of nitrogens with zero attached hydrogens (tertiary/aromatic N) is 2. The Balaban J connectivity index is 1.72. The minimum absolute atomic E-state index is 0.0663. The molecular formula is C19H26N2O5S. The maximum Gasteiger partial charge on any atom is 0.303 e. The number of amides is 1. The lowest BCUT2D eigenvalue weighted by Crippen LogP contribution is -2.40. The van der Waals surface area contributed by atoms with Crippen LogP contribution in [-0.4, -0.2) is 55.7 Å². The fraction of sp³-hybridized carbons (Fsp3) is 0.579. The van der Waals surface area contributed by atoms with E-state index in [0.717, 1.165) is 18.4 Å². The third-order valence-corrected chi connectivity index (χ3v) is 7.27. The molecular weight excluding hydrogens is 368 g/mol. The van der Waals surface area contributed by atoms with Crippen molar-refractivity contribution in [2.45, 2.75) is 39.0 Å². The largest absolute Gasteiger partial charge is 0.481 e. The summed E-state index contributed by atoms with van der Waals surface area (Å²) in [4.78, 5) is 25.5. The van der Waals surface area contributed by atoms with Gasteiger partial charge in [0.25, 0.3) is 5.91 Å². The maximum absolute atomic E-state index is 12.9. The number of carboxylic acid groups (broad SMARTS) is 1. The minimum atomic E-state index is -3.24. The Morgan fingerprint density at radius 3 is 2.63 bits per heavy atom. The Kier molecular flexibility index (Phi) is 5.74. The number of likely N-dealkylation sites (tertiary alicyclic amines) is 1. The van der Waals surface area contributed by atoms with Gasteiger partial charge in [0, 0.05) is 31.6 Å². The molecule has 2 saturated heterocycles. The van der Waals surface area contributed by atoms with Gasteiger partial charge in [-0.2, -0.15) is 0 Å². The van der Waals surface area contributed by atoms with E-state index in [0.29, 0.717) is 43.7 Å². The maximum atomic E-state index is 12.9. The Morgan fingerprint density at radius 1 is 1.22 bits per heavy atom. The monoisotopic (exact) mass is 394 g/mol. The van der Waals surface area contributed by atoms with Gasteiger partial charge in [-0.1, -0.05) is 0 Å². The molecule has 0 spiro atoms. The summed E-state index contributed by atoms with van der Waals surface area (Å²) in [6, 6.07) is 5.18. The number of anilines is 1. The van der Waals surface area contributed by atoms with E-state index in [4.69, 9.17) is 5.11 Å². The van der Waals surface area contributed by atoms with E-state index in [1.807, 2.05) is 6.92 Å². The first-order valence-electron chi connectivity index (χ1n) is 9.40. The average molecular weight is 394 g/mol. The second-order valence-electron chi connectivity index (χ2n) is 7.43. The highest BCUT2D eigenvalue weighted by molar-refractivity contribution is 7.93. The summed E-state index contributed by atoms with van der Waals surface area (Å²) >= 11 is 0. The van der Waals surface area contributed by atoms with Crippen LogP contribution in [-0.2, 0) is 14.8 Å². The number of hydrogen-bond acceptors (Lipinski definition) is 4. The van der Waals surface area contributed by atoms with Crippen molar-refractivity contribution in [1.82, 2.24) is 4.90 Å². The molecule has 0 saturated carbocycles. The fourth-order valence-electron chi connectivity index (χ4n) is 3.96. The van der Waals surface area contributed by atoms with Gasteiger partial charge in [-0.05, 0) is 62.3 Å². The Hall–Kier alpha value is -2.09. The molecule has 7 nitrogen and oxygen atoms in total. The molecule has 2 fully saturated rings. The zero-order chi connectivity index (χ0) is 19.6. The summed E-state index contributed by atoms with van der Waals surface area (Å²) in [5.74, 6) is -0.490. The first-order chi connectivity index (χ1) is 12.8. The van der Waals surface area contributed by atoms with Crippen molar-refractivity contribution in [3.63, 3.8) is 0 Å². The smallest absolute Gasteiger partial charge is 0.303 e. The Morgan fingerprint density at radius 2 is 2.00 bits per heavy atom. The number of aliphatic carboxylic acids is 1. The van der Waals surface area contributed by atoms with Crippen molar-refractivity contribution >= 4 is 27.6 Å². The second kappa shape index (κ2) is 7.88. The van der Waals surface area contributed by atoms with Crippen LogP contribution in [0.5, 0.6) is 0 Å². The molecule has 0 aliphatic carbocycles. The molecule has 0 bridgehead atoms. The first kappa shape index (κ1) is 19.7. The molecule has 8 heteroatoms. The summed E-state index contributed by atoms with van der Waals surface area (Å²) in [5.41, 5.74) is 1.95. The van der Waals surface area contributed by atoms with Gasteiger partial charge in [0.2, 0.25) is 10.0 Å². The van der Waals surface area contributed by atoms with Crippen LogP contribution >= 0.6 is 0 Å². The quantitative estimate of drug-likeness (QED) is 0.826. The van der Waals surface area contributed by atoms with E-state index in [1.54, 1.807) is 23.1 Å². The molecule has 2 aliphatic rings. The Bertz CT molecular complexity index is 837. The standard InChI is InChI=1S/C19H26N2O5S/c1-14-12-16(21-10-3-11-27(21,25)26)6-7-17(14)19(24)20-9-2-4-15(13-20)5-8-18(22)23/h6-7,12,15H,2-5,8-11,13H2,1H3,(H,22,23). The number of carboxylic acids is 1. The molecule has 27 heavy (non-hydrogen) atoms. The molecule has 1 aromatic carbocycles. The first-order valence-corrected chi connectivity index (χ1v) is 11.0. The molecule has 3 rings (SSSR count). The van der Waals surface area contributed by atoms with Gasteiger partial charge in [0.1, 0.15) is 0 Å². The van der Waals surface area contributed by atoms with Gasteiger partial charge < -0.3 is 10.0 Å². The van der Waals surface area contributed by atoms with Crippen molar-refractivity contribution in [3.05, 3.63) is 29.3 Å². The number of benzene rings is 1. The number of hydrogen-bond donors (Lipinski definition) is 1. The van der Waals surface area contributed by atoms with Crippen LogP contribution in [0.15, 0.2) is 18.2 Å². The van der Waals surface area contributed by atoms with Gasteiger partial charge in [-0.3, -0.25) is 13.9 Å². The summed E-state index contributed by atoms with van der Waals surface area (Å²) in [7, 11) is -3.24. The molecule has 2 aliphatic heterocycles. The lowest BCUT2D eigenvalue weighted by Gasteiger charge is -2.33. The van der Waals surface area contributed by atoms with Gasteiger partial charge in [-0.15, -0.1) is 0 Å². The van der Waals surface area contributed by atoms with Crippen LogP contribution in [0.3, 0.4) is 0 Å². The van der Waals surface area contributed by atoms with Crippen molar-refractivity contribution < 1.29 is 23.1 Å². The molecule has 1 N–H and O–H groups in total. The molecule has 1 aromatic rings. The number of carbonyl (C=O) groups excluding carboxylic acids is 1. The summed E-state index contributed by atoms with van der Waals surface area (Å²) < 4.78 is 25.6. The average Bonchev–Trinajstić information content (AvgIpc) is 2.98. The highest BCUT2D eigenvalue weighted by Gasteiger charge is 2.30. The predicted octanol–water partition coefficient (Wildman–Crippen LogP) is 2.25. The number of piperidine rings is 1. The summed E-state index contributed by atoms with van der Waals surface area (Å²) in [5, 5.41) is 8.86. The van der Waals surface area contributed by atoms with E-state index in [1.165, 1.54) is 4.31 Å². The molecule has 1 amide bonds. The van der Waals surface area contributed by atoms with Crippen molar-refractivity contribution in [3.8, 4) is 0 Å². The molecule has 0 aromatic heterocycles. The minimum Gasteiger partial charge on any atom is -0.481 e. The van der Waals surface area contributed by atoms with Crippen molar-refractivity contribution in [2.75, 3.05) is 29.7 Å². The van der Waals surface area contributed by atoms with E-state index < -0.39 is 16.0 Å². The zero-order valence-electron chi connectivity index (χ0n) is 15.6. The topological polar surface area (TPSA) is 95.0 Å².